The maximum Gasteiger partial charge on any atom is 0.305 e. The van der Waals surface area contributed by atoms with Crippen LogP contribution in [0.2, 0.25) is 5.02 Å². The molecule has 0 heterocycles. The minimum absolute atomic E-state index is 0. The van der Waals surface area contributed by atoms with E-state index in [0.29, 0.717) is 23.6 Å². The molecular formula is C10H13Cl2NO2. The number of hydrogen-bond acceptors (Lipinski definition) is 3. The SMILES string of the molecule is COC(=O)CCc1cccc(Cl)c1N.Cl. The third-order valence-electron chi connectivity index (χ3n) is 1.97. The van der Waals surface area contributed by atoms with Crippen LogP contribution in [0.3, 0.4) is 0 Å². The molecule has 0 saturated heterocycles. The molecule has 0 amide bonds. The van der Waals surface area contributed by atoms with Crippen molar-refractivity contribution in [2.45, 2.75) is 12.8 Å². The molecule has 84 valence electrons. The van der Waals surface area contributed by atoms with E-state index in [1.807, 2.05) is 12.1 Å². The summed E-state index contributed by atoms with van der Waals surface area (Å²) in [6.07, 6.45) is 0.875. The molecular weight excluding hydrogens is 237 g/mol. The Hall–Kier alpha value is -0.930. The van der Waals surface area contributed by atoms with E-state index >= 15 is 0 Å². The Labute approximate surface area is 100.0 Å². The van der Waals surface area contributed by atoms with E-state index in [9.17, 15) is 4.79 Å². The molecule has 2 N–H and O–H groups in total. The van der Waals surface area contributed by atoms with Crippen LogP contribution < -0.4 is 5.73 Å². The van der Waals surface area contributed by atoms with Crippen molar-refractivity contribution in [1.82, 2.24) is 0 Å². The van der Waals surface area contributed by atoms with Crippen molar-refractivity contribution in [3.05, 3.63) is 28.8 Å². The van der Waals surface area contributed by atoms with Crippen molar-refractivity contribution in [3.63, 3.8) is 0 Å². The first-order valence-electron chi connectivity index (χ1n) is 4.25. The van der Waals surface area contributed by atoms with Crippen LogP contribution in [0.4, 0.5) is 5.69 Å². The van der Waals surface area contributed by atoms with E-state index in [0.717, 1.165) is 5.56 Å². The highest BCUT2D eigenvalue weighted by atomic mass is 35.5. The van der Waals surface area contributed by atoms with E-state index in [-0.39, 0.29) is 18.4 Å². The fourth-order valence-corrected chi connectivity index (χ4v) is 1.33. The lowest BCUT2D eigenvalue weighted by molar-refractivity contribution is -0.140. The van der Waals surface area contributed by atoms with Gasteiger partial charge in [-0.3, -0.25) is 4.79 Å². The smallest absolute Gasteiger partial charge is 0.305 e. The Bertz CT molecular complexity index is 342. The summed E-state index contributed by atoms with van der Waals surface area (Å²) in [6, 6.07) is 5.38. The number of nitrogens with two attached hydrogens (primary N) is 1. The van der Waals surface area contributed by atoms with Gasteiger partial charge in [0.2, 0.25) is 0 Å². The Morgan fingerprint density at radius 1 is 1.53 bits per heavy atom. The van der Waals surface area contributed by atoms with E-state index in [1.165, 1.54) is 7.11 Å². The number of rotatable bonds is 3. The summed E-state index contributed by atoms with van der Waals surface area (Å²) in [7, 11) is 1.36. The minimum atomic E-state index is -0.246. The fraction of sp³-hybridized carbons (Fsp3) is 0.300. The predicted molar refractivity (Wildman–Crippen MR) is 63.4 cm³/mol. The number of nitrogen functional groups attached to an aromatic ring is 1. The van der Waals surface area contributed by atoms with Gasteiger partial charge < -0.3 is 10.5 Å². The van der Waals surface area contributed by atoms with Crippen molar-refractivity contribution < 1.29 is 9.53 Å². The summed E-state index contributed by atoms with van der Waals surface area (Å²) < 4.78 is 4.53. The lowest BCUT2D eigenvalue weighted by Crippen LogP contribution is -2.03. The van der Waals surface area contributed by atoms with Crippen LogP contribution in [0, 0.1) is 0 Å². The molecule has 0 bridgehead atoms. The molecule has 0 fully saturated rings. The normalized spacial score (nSPS) is 9.20. The molecule has 3 nitrogen and oxygen atoms in total. The number of esters is 1. The number of benzene rings is 1. The fourth-order valence-electron chi connectivity index (χ4n) is 1.14. The Kier molecular flexibility index (Phi) is 6.13. The van der Waals surface area contributed by atoms with E-state index in [2.05, 4.69) is 4.74 Å². The van der Waals surface area contributed by atoms with Gasteiger partial charge in [0.05, 0.1) is 17.8 Å². The topological polar surface area (TPSA) is 52.3 Å². The molecule has 0 unspecified atom stereocenters. The highest BCUT2D eigenvalue weighted by Crippen LogP contribution is 2.23. The monoisotopic (exact) mass is 249 g/mol. The maximum absolute atomic E-state index is 10.9. The zero-order valence-electron chi connectivity index (χ0n) is 8.33. The Balaban J connectivity index is 0.00000196. The Morgan fingerprint density at radius 2 is 2.20 bits per heavy atom. The maximum atomic E-state index is 10.9. The van der Waals surface area contributed by atoms with Crippen LogP contribution >= 0.6 is 24.0 Å². The molecule has 1 aromatic rings. The van der Waals surface area contributed by atoms with Crippen LogP contribution in [0.25, 0.3) is 0 Å². The van der Waals surface area contributed by atoms with Gasteiger partial charge in [0.15, 0.2) is 0 Å². The molecule has 15 heavy (non-hydrogen) atoms. The average molecular weight is 250 g/mol. The standard InChI is InChI=1S/C10H12ClNO2.ClH/c1-14-9(13)6-5-7-3-2-4-8(11)10(7)12;/h2-4H,5-6,12H2,1H3;1H. The van der Waals surface area contributed by atoms with Gasteiger partial charge >= 0.3 is 5.97 Å². The number of aryl methyl sites for hydroxylation is 1. The molecule has 0 aliphatic heterocycles. The molecule has 0 atom stereocenters. The van der Waals surface area contributed by atoms with E-state index in [1.54, 1.807) is 6.07 Å². The quantitative estimate of drug-likeness (QED) is 0.662. The van der Waals surface area contributed by atoms with E-state index < -0.39 is 0 Å². The number of hydrogen-bond donors (Lipinski definition) is 1. The predicted octanol–water partition coefficient (Wildman–Crippen LogP) is 2.45. The number of carbonyl (C=O) groups is 1. The highest BCUT2D eigenvalue weighted by molar-refractivity contribution is 6.33. The largest absolute Gasteiger partial charge is 0.469 e. The molecule has 0 spiro atoms. The highest BCUT2D eigenvalue weighted by Gasteiger charge is 2.06. The first-order chi connectivity index (χ1) is 6.65. The van der Waals surface area contributed by atoms with Crippen molar-refractivity contribution in [2.75, 3.05) is 12.8 Å². The lowest BCUT2D eigenvalue weighted by Gasteiger charge is -2.05. The average Bonchev–Trinajstić information content (AvgIpc) is 2.20. The van der Waals surface area contributed by atoms with Crippen molar-refractivity contribution in [2.24, 2.45) is 0 Å². The number of anilines is 1. The number of ether oxygens (including phenoxy) is 1. The summed E-state index contributed by atoms with van der Waals surface area (Å²) in [5.41, 5.74) is 7.14. The molecule has 0 radical (unpaired) electrons. The number of methoxy groups -OCH3 is 1. The molecule has 1 aromatic carbocycles. The molecule has 0 aliphatic rings. The third kappa shape index (κ3) is 3.98. The molecule has 0 saturated carbocycles. The van der Waals surface area contributed by atoms with Crippen LogP contribution in [-0.2, 0) is 16.0 Å². The van der Waals surface area contributed by atoms with Gasteiger partial charge in [0.25, 0.3) is 0 Å². The van der Waals surface area contributed by atoms with Gasteiger partial charge in [-0.25, -0.2) is 0 Å². The lowest BCUT2D eigenvalue weighted by atomic mass is 10.1. The van der Waals surface area contributed by atoms with Crippen molar-refractivity contribution in [1.29, 1.82) is 0 Å². The molecule has 0 aliphatic carbocycles. The van der Waals surface area contributed by atoms with Crippen LogP contribution in [0.15, 0.2) is 18.2 Å². The van der Waals surface area contributed by atoms with Crippen LogP contribution in [0.1, 0.15) is 12.0 Å². The van der Waals surface area contributed by atoms with Crippen molar-refractivity contribution >= 4 is 35.7 Å². The number of para-hydroxylation sites is 1. The second kappa shape index (κ2) is 6.53. The zero-order valence-corrected chi connectivity index (χ0v) is 9.90. The number of carbonyl (C=O) groups excluding carboxylic acids is 1. The van der Waals surface area contributed by atoms with Gasteiger partial charge in [-0.1, -0.05) is 23.7 Å². The first-order valence-corrected chi connectivity index (χ1v) is 4.62. The van der Waals surface area contributed by atoms with E-state index in [4.69, 9.17) is 17.3 Å². The third-order valence-corrected chi connectivity index (χ3v) is 2.30. The Morgan fingerprint density at radius 3 is 2.80 bits per heavy atom. The van der Waals surface area contributed by atoms with Gasteiger partial charge in [-0.2, -0.15) is 0 Å². The summed E-state index contributed by atoms with van der Waals surface area (Å²) in [6.45, 7) is 0. The first kappa shape index (κ1) is 14.1. The van der Waals surface area contributed by atoms with Gasteiger partial charge in [-0.05, 0) is 18.1 Å². The molecule has 1 rings (SSSR count). The van der Waals surface area contributed by atoms with Crippen LogP contribution in [-0.4, -0.2) is 13.1 Å². The second-order valence-corrected chi connectivity index (χ2v) is 3.30. The summed E-state index contributed by atoms with van der Waals surface area (Å²) >= 11 is 5.82. The molecule has 5 heteroatoms. The van der Waals surface area contributed by atoms with Gasteiger partial charge in [0.1, 0.15) is 0 Å². The minimum Gasteiger partial charge on any atom is -0.469 e. The second-order valence-electron chi connectivity index (χ2n) is 2.89. The van der Waals surface area contributed by atoms with Crippen molar-refractivity contribution in [3.8, 4) is 0 Å². The van der Waals surface area contributed by atoms with Gasteiger partial charge in [-0.15, -0.1) is 12.4 Å². The molecule has 0 aromatic heterocycles. The summed E-state index contributed by atoms with van der Waals surface area (Å²) in [4.78, 5) is 10.9. The number of halogens is 2. The van der Waals surface area contributed by atoms with Crippen LogP contribution in [0.5, 0.6) is 0 Å². The summed E-state index contributed by atoms with van der Waals surface area (Å²) in [5.74, 6) is -0.246. The van der Waals surface area contributed by atoms with Gasteiger partial charge in [0, 0.05) is 6.42 Å². The summed E-state index contributed by atoms with van der Waals surface area (Å²) in [5, 5.41) is 0.521. The zero-order chi connectivity index (χ0) is 10.6.